The van der Waals surface area contributed by atoms with Crippen LogP contribution in [0, 0.1) is 0 Å². The number of pyridine rings is 1. The molecule has 1 aromatic carbocycles. The van der Waals surface area contributed by atoms with Gasteiger partial charge in [0.2, 0.25) is 5.91 Å². The van der Waals surface area contributed by atoms with E-state index in [-0.39, 0.29) is 11.8 Å². The minimum atomic E-state index is -0.534. The maximum Gasteiger partial charge on any atom is 0.257 e. The predicted octanol–water partition coefficient (Wildman–Crippen LogP) is 2.37. The van der Waals surface area contributed by atoms with Gasteiger partial charge in [0.15, 0.2) is 0 Å². The van der Waals surface area contributed by atoms with Gasteiger partial charge in [-0.3, -0.25) is 9.59 Å². The standard InChI is InChI=1S/C24H26N4O3/c29-22(20-18-25-28-11-5-4-8-21(20)28)26-12-14-27(15-13-26)23(30)24(9-16-31-17-10-24)19-6-2-1-3-7-19/h1-8,11,18H,9-10,12-17H2. The number of hydrogen-bond acceptors (Lipinski definition) is 4. The third kappa shape index (κ3) is 3.49. The molecule has 2 saturated heterocycles. The molecule has 7 heteroatoms. The Morgan fingerprint density at radius 3 is 2.29 bits per heavy atom. The molecule has 2 amide bonds. The summed E-state index contributed by atoms with van der Waals surface area (Å²) in [5.74, 6) is 0.127. The molecule has 160 valence electrons. The first-order valence-corrected chi connectivity index (χ1v) is 10.8. The topological polar surface area (TPSA) is 67.2 Å². The molecule has 0 radical (unpaired) electrons. The summed E-state index contributed by atoms with van der Waals surface area (Å²) in [7, 11) is 0. The van der Waals surface area contributed by atoms with E-state index in [2.05, 4.69) is 5.10 Å². The van der Waals surface area contributed by atoms with E-state index in [1.165, 1.54) is 0 Å². The van der Waals surface area contributed by atoms with E-state index in [0.717, 1.165) is 11.1 Å². The fraction of sp³-hybridized carbons (Fsp3) is 0.375. The molecule has 3 aromatic rings. The van der Waals surface area contributed by atoms with Crippen molar-refractivity contribution in [1.29, 1.82) is 0 Å². The predicted molar refractivity (Wildman–Crippen MR) is 116 cm³/mol. The lowest BCUT2D eigenvalue weighted by atomic mass is 9.73. The summed E-state index contributed by atoms with van der Waals surface area (Å²) in [5, 5.41) is 4.27. The monoisotopic (exact) mass is 418 g/mol. The van der Waals surface area contributed by atoms with Gasteiger partial charge in [-0.15, -0.1) is 0 Å². The van der Waals surface area contributed by atoms with E-state index >= 15 is 0 Å². The molecule has 5 rings (SSSR count). The zero-order chi connectivity index (χ0) is 21.3. The van der Waals surface area contributed by atoms with Crippen molar-refractivity contribution in [2.75, 3.05) is 39.4 Å². The third-order valence-corrected chi connectivity index (χ3v) is 6.59. The van der Waals surface area contributed by atoms with Crippen molar-refractivity contribution < 1.29 is 14.3 Å². The van der Waals surface area contributed by atoms with E-state index in [1.807, 2.05) is 64.5 Å². The number of benzene rings is 1. The van der Waals surface area contributed by atoms with Crippen LogP contribution in [-0.2, 0) is 14.9 Å². The van der Waals surface area contributed by atoms with Crippen LogP contribution in [0.1, 0.15) is 28.8 Å². The van der Waals surface area contributed by atoms with E-state index in [9.17, 15) is 9.59 Å². The number of nitrogens with zero attached hydrogens (tertiary/aromatic N) is 4. The molecule has 0 aliphatic carbocycles. The summed E-state index contributed by atoms with van der Waals surface area (Å²) in [5.41, 5.74) is 1.93. The van der Waals surface area contributed by atoms with Crippen LogP contribution in [0.25, 0.3) is 5.52 Å². The highest BCUT2D eigenvalue weighted by molar-refractivity contribution is 6.00. The van der Waals surface area contributed by atoms with E-state index in [1.54, 1.807) is 10.7 Å². The molecular formula is C24H26N4O3. The Morgan fingerprint density at radius 1 is 0.871 bits per heavy atom. The Kier molecular flexibility index (Phi) is 5.19. The summed E-state index contributed by atoms with van der Waals surface area (Å²) in [6, 6.07) is 15.8. The number of ether oxygens (including phenoxy) is 1. The highest BCUT2D eigenvalue weighted by atomic mass is 16.5. The molecule has 2 aliphatic heterocycles. The van der Waals surface area contributed by atoms with Crippen LogP contribution >= 0.6 is 0 Å². The van der Waals surface area contributed by atoms with E-state index < -0.39 is 5.41 Å². The molecule has 2 fully saturated rings. The van der Waals surface area contributed by atoms with Crippen molar-refractivity contribution >= 4 is 17.3 Å². The first kappa shape index (κ1) is 19.8. The Balaban J connectivity index is 1.31. The minimum Gasteiger partial charge on any atom is -0.381 e. The number of carbonyl (C=O) groups is 2. The van der Waals surface area contributed by atoms with Gasteiger partial charge in [0.25, 0.3) is 5.91 Å². The third-order valence-electron chi connectivity index (χ3n) is 6.59. The van der Waals surface area contributed by atoms with Gasteiger partial charge in [0.05, 0.1) is 22.7 Å². The van der Waals surface area contributed by atoms with E-state index in [4.69, 9.17) is 4.74 Å². The zero-order valence-electron chi connectivity index (χ0n) is 17.4. The van der Waals surface area contributed by atoms with E-state index in [0.29, 0.717) is 57.8 Å². The molecule has 31 heavy (non-hydrogen) atoms. The summed E-state index contributed by atoms with van der Waals surface area (Å²) < 4.78 is 7.29. The van der Waals surface area contributed by atoms with Crippen molar-refractivity contribution in [3.8, 4) is 0 Å². The first-order valence-electron chi connectivity index (χ1n) is 10.8. The number of amides is 2. The molecule has 0 unspecified atom stereocenters. The van der Waals surface area contributed by atoms with Crippen LogP contribution in [0.5, 0.6) is 0 Å². The van der Waals surface area contributed by atoms with Gasteiger partial charge < -0.3 is 14.5 Å². The second kappa shape index (κ2) is 8.15. The zero-order valence-corrected chi connectivity index (χ0v) is 17.4. The van der Waals surface area contributed by atoms with Crippen LogP contribution in [0.2, 0.25) is 0 Å². The SMILES string of the molecule is O=C(c1cnn2ccccc12)N1CCN(C(=O)C2(c3ccccc3)CCOCC2)CC1. The number of piperazine rings is 1. The van der Waals surface area contributed by atoms with Crippen molar-refractivity contribution in [3.05, 3.63) is 72.1 Å². The number of fused-ring (bicyclic) bond motifs is 1. The summed E-state index contributed by atoms with van der Waals surface area (Å²) in [6.07, 6.45) is 4.84. The maximum absolute atomic E-state index is 13.7. The smallest absolute Gasteiger partial charge is 0.257 e. The first-order chi connectivity index (χ1) is 15.2. The van der Waals surface area contributed by atoms with Gasteiger partial charge in [-0.25, -0.2) is 4.52 Å². The normalized spacial score (nSPS) is 18.8. The van der Waals surface area contributed by atoms with Gasteiger partial charge in [-0.1, -0.05) is 36.4 Å². The van der Waals surface area contributed by atoms with Crippen LogP contribution in [0.15, 0.2) is 60.9 Å². The fourth-order valence-corrected chi connectivity index (χ4v) is 4.79. The second-order valence-electron chi connectivity index (χ2n) is 8.23. The molecule has 7 nitrogen and oxygen atoms in total. The molecule has 0 saturated carbocycles. The average Bonchev–Trinajstić information content (AvgIpc) is 3.28. The highest BCUT2D eigenvalue weighted by Crippen LogP contribution is 2.37. The van der Waals surface area contributed by atoms with Crippen LogP contribution in [0.3, 0.4) is 0 Å². The van der Waals surface area contributed by atoms with Crippen molar-refractivity contribution in [1.82, 2.24) is 19.4 Å². The Bertz CT molecular complexity index is 1080. The number of hydrogen-bond donors (Lipinski definition) is 0. The number of rotatable bonds is 3. The van der Waals surface area contributed by atoms with Crippen molar-refractivity contribution in [3.63, 3.8) is 0 Å². The van der Waals surface area contributed by atoms with Crippen LogP contribution in [-0.4, -0.2) is 70.6 Å². The molecule has 2 aliphatic rings. The largest absolute Gasteiger partial charge is 0.381 e. The molecule has 0 N–H and O–H groups in total. The fourth-order valence-electron chi connectivity index (χ4n) is 4.79. The molecule has 0 atom stereocenters. The Labute approximate surface area is 181 Å². The van der Waals surface area contributed by atoms with Crippen molar-refractivity contribution in [2.45, 2.75) is 18.3 Å². The quantitative estimate of drug-likeness (QED) is 0.655. The highest BCUT2D eigenvalue weighted by Gasteiger charge is 2.44. The molecule has 2 aromatic heterocycles. The molecular weight excluding hydrogens is 392 g/mol. The Hall–Kier alpha value is -3.19. The molecule has 0 spiro atoms. The summed E-state index contributed by atoms with van der Waals surface area (Å²) in [6.45, 7) is 3.31. The van der Waals surface area contributed by atoms with Gasteiger partial charge >= 0.3 is 0 Å². The summed E-state index contributed by atoms with van der Waals surface area (Å²) >= 11 is 0. The second-order valence-corrected chi connectivity index (χ2v) is 8.23. The minimum absolute atomic E-state index is 0.0304. The van der Waals surface area contributed by atoms with Crippen LogP contribution in [0.4, 0.5) is 0 Å². The number of carbonyl (C=O) groups excluding carboxylic acids is 2. The molecule has 0 bridgehead atoms. The van der Waals surface area contributed by atoms with Gasteiger partial charge in [0.1, 0.15) is 0 Å². The summed E-state index contributed by atoms with van der Waals surface area (Å²) in [4.78, 5) is 30.6. The maximum atomic E-state index is 13.7. The van der Waals surface area contributed by atoms with Gasteiger partial charge in [-0.2, -0.15) is 5.10 Å². The van der Waals surface area contributed by atoms with Gasteiger partial charge in [-0.05, 0) is 30.5 Å². The molecule has 4 heterocycles. The lowest BCUT2D eigenvalue weighted by molar-refractivity contribution is -0.142. The van der Waals surface area contributed by atoms with Crippen molar-refractivity contribution in [2.24, 2.45) is 0 Å². The average molecular weight is 418 g/mol. The number of aromatic nitrogens is 2. The van der Waals surface area contributed by atoms with Crippen LogP contribution < -0.4 is 0 Å². The lowest BCUT2D eigenvalue weighted by Crippen LogP contribution is -2.56. The lowest BCUT2D eigenvalue weighted by Gasteiger charge is -2.43. The Morgan fingerprint density at radius 2 is 1.55 bits per heavy atom. The van der Waals surface area contributed by atoms with Gasteiger partial charge in [0, 0.05) is 45.6 Å².